The zero-order valence-corrected chi connectivity index (χ0v) is 26.3. The van der Waals surface area contributed by atoms with Gasteiger partial charge in [-0.1, -0.05) is 140 Å². The van der Waals surface area contributed by atoms with Crippen LogP contribution < -0.4 is 4.90 Å². The van der Waals surface area contributed by atoms with E-state index < -0.39 is 0 Å². The van der Waals surface area contributed by atoms with E-state index in [1.165, 1.54) is 38.6 Å². The first-order valence-corrected chi connectivity index (χ1v) is 16.3. The Morgan fingerprint density at radius 1 is 0.333 bits per heavy atom. The molecule has 1 aromatic heterocycles. The molecule has 226 valence electrons. The summed E-state index contributed by atoms with van der Waals surface area (Å²) in [6.45, 7) is 0. The Labute approximate surface area is 279 Å². The van der Waals surface area contributed by atoms with Gasteiger partial charge in [0.15, 0.2) is 0 Å². The molecule has 0 bridgehead atoms. The molecular formula is C46H31NO. The van der Waals surface area contributed by atoms with Crippen molar-refractivity contribution in [2.75, 3.05) is 4.90 Å². The summed E-state index contributed by atoms with van der Waals surface area (Å²) in [7, 11) is 0. The molecule has 0 unspecified atom stereocenters. The second kappa shape index (κ2) is 11.8. The Balaban J connectivity index is 1.15. The van der Waals surface area contributed by atoms with Gasteiger partial charge in [-0.25, -0.2) is 0 Å². The minimum Gasteiger partial charge on any atom is -0.456 e. The first-order chi connectivity index (χ1) is 23.8. The van der Waals surface area contributed by atoms with Gasteiger partial charge in [0.2, 0.25) is 0 Å². The molecule has 0 aliphatic carbocycles. The summed E-state index contributed by atoms with van der Waals surface area (Å²) in [5, 5.41) is 4.80. The number of nitrogens with zero attached hydrogens (tertiary/aromatic N) is 1. The van der Waals surface area contributed by atoms with Gasteiger partial charge < -0.3 is 9.32 Å². The van der Waals surface area contributed by atoms with Crippen LogP contribution in [0.5, 0.6) is 0 Å². The number of furan rings is 1. The minimum atomic E-state index is 0.906. The molecule has 0 amide bonds. The molecule has 0 atom stereocenters. The molecule has 0 saturated heterocycles. The highest BCUT2D eigenvalue weighted by atomic mass is 16.3. The number of anilines is 3. The fourth-order valence-corrected chi connectivity index (χ4v) is 6.97. The lowest BCUT2D eigenvalue weighted by molar-refractivity contribution is 0.669. The maximum absolute atomic E-state index is 6.20. The molecule has 0 N–H and O–H groups in total. The van der Waals surface area contributed by atoms with Crippen molar-refractivity contribution in [3.8, 4) is 33.4 Å². The highest BCUT2D eigenvalue weighted by Gasteiger charge is 2.16. The lowest BCUT2D eigenvalue weighted by Crippen LogP contribution is -2.10. The molecule has 48 heavy (non-hydrogen) atoms. The van der Waals surface area contributed by atoms with Crippen LogP contribution in [0.3, 0.4) is 0 Å². The van der Waals surface area contributed by atoms with E-state index in [9.17, 15) is 0 Å². The van der Waals surface area contributed by atoms with Gasteiger partial charge in [-0.3, -0.25) is 0 Å². The standard InChI is InChI=1S/C46H31NO/c1-2-11-32(12-3-1)36-15-8-16-39(31-36)47(37-27-23-34(24-28-37)41-19-9-14-33-13-4-5-17-40(33)41)38-29-25-35(26-30-38)42-20-10-22-45-46(42)43-18-6-7-21-44(43)48-45/h1-31H. The van der Waals surface area contributed by atoms with Crippen LogP contribution in [0.2, 0.25) is 0 Å². The van der Waals surface area contributed by atoms with Gasteiger partial charge in [-0.2, -0.15) is 0 Å². The van der Waals surface area contributed by atoms with Crippen LogP contribution in [-0.2, 0) is 0 Å². The van der Waals surface area contributed by atoms with Crippen LogP contribution in [0.1, 0.15) is 0 Å². The van der Waals surface area contributed by atoms with Gasteiger partial charge in [0.25, 0.3) is 0 Å². The van der Waals surface area contributed by atoms with E-state index >= 15 is 0 Å². The highest BCUT2D eigenvalue weighted by Crippen LogP contribution is 2.41. The van der Waals surface area contributed by atoms with E-state index in [0.29, 0.717) is 0 Å². The Hall–Kier alpha value is -6.38. The third kappa shape index (κ3) is 4.92. The Bertz CT molecular complexity index is 2540. The van der Waals surface area contributed by atoms with Crippen LogP contribution in [0.15, 0.2) is 192 Å². The molecule has 0 radical (unpaired) electrons. The van der Waals surface area contributed by atoms with Crippen LogP contribution in [0.25, 0.3) is 66.1 Å². The maximum Gasteiger partial charge on any atom is 0.136 e. The number of fused-ring (bicyclic) bond motifs is 4. The van der Waals surface area contributed by atoms with Gasteiger partial charge in [-0.05, 0) is 92.7 Å². The minimum absolute atomic E-state index is 0.906. The fourth-order valence-electron chi connectivity index (χ4n) is 6.97. The molecular weight excluding hydrogens is 583 g/mol. The third-order valence-electron chi connectivity index (χ3n) is 9.28. The Morgan fingerprint density at radius 2 is 0.896 bits per heavy atom. The molecule has 0 saturated carbocycles. The number of para-hydroxylation sites is 1. The number of hydrogen-bond acceptors (Lipinski definition) is 2. The summed E-state index contributed by atoms with van der Waals surface area (Å²) in [5.74, 6) is 0. The van der Waals surface area contributed by atoms with Crippen molar-refractivity contribution in [3.63, 3.8) is 0 Å². The summed E-state index contributed by atoms with van der Waals surface area (Å²) < 4.78 is 6.20. The Kier molecular flexibility index (Phi) is 6.84. The number of rotatable bonds is 6. The quantitative estimate of drug-likeness (QED) is 0.185. The average molecular weight is 614 g/mol. The van der Waals surface area contributed by atoms with Crippen molar-refractivity contribution >= 4 is 49.8 Å². The molecule has 0 aliphatic heterocycles. The molecule has 1 heterocycles. The summed E-state index contributed by atoms with van der Waals surface area (Å²) >= 11 is 0. The van der Waals surface area contributed by atoms with Crippen molar-refractivity contribution in [3.05, 3.63) is 188 Å². The van der Waals surface area contributed by atoms with Crippen LogP contribution in [0, 0.1) is 0 Å². The lowest BCUT2D eigenvalue weighted by Gasteiger charge is -2.26. The highest BCUT2D eigenvalue weighted by molar-refractivity contribution is 6.12. The zero-order valence-electron chi connectivity index (χ0n) is 26.3. The van der Waals surface area contributed by atoms with Crippen LogP contribution in [0.4, 0.5) is 17.1 Å². The van der Waals surface area contributed by atoms with Gasteiger partial charge in [-0.15, -0.1) is 0 Å². The molecule has 0 fully saturated rings. The summed E-state index contributed by atoms with van der Waals surface area (Å²) in [6, 6.07) is 66.9. The largest absolute Gasteiger partial charge is 0.456 e. The molecule has 9 rings (SSSR count). The lowest BCUT2D eigenvalue weighted by atomic mass is 9.97. The van der Waals surface area contributed by atoms with Crippen LogP contribution >= 0.6 is 0 Å². The zero-order chi connectivity index (χ0) is 31.9. The smallest absolute Gasteiger partial charge is 0.136 e. The van der Waals surface area contributed by atoms with Gasteiger partial charge in [0.1, 0.15) is 11.2 Å². The predicted octanol–water partition coefficient (Wildman–Crippen LogP) is 13.2. The Morgan fingerprint density at radius 3 is 1.69 bits per heavy atom. The summed E-state index contributed by atoms with van der Waals surface area (Å²) in [6.07, 6.45) is 0. The molecule has 9 aromatic rings. The fraction of sp³-hybridized carbons (Fsp3) is 0. The predicted molar refractivity (Wildman–Crippen MR) is 202 cm³/mol. The molecule has 2 heteroatoms. The van der Waals surface area contributed by atoms with E-state index in [1.807, 2.05) is 12.1 Å². The van der Waals surface area contributed by atoms with Gasteiger partial charge >= 0.3 is 0 Å². The first kappa shape index (κ1) is 27.9. The van der Waals surface area contributed by atoms with Gasteiger partial charge in [0, 0.05) is 27.8 Å². The van der Waals surface area contributed by atoms with E-state index in [-0.39, 0.29) is 0 Å². The maximum atomic E-state index is 6.20. The van der Waals surface area contributed by atoms with E-state index in [4.69, 9.17) is 4.42 Å². The van der Waals surface area contributed by atoms with Crippen molar-refractivity contribution in [1.29, 1.82) is 0 Å². The SMILES string of the molecule is c1ccc(-c2cccc(N(c3ccc(-c4cccc5ccccc45)cc3)c3ccc(-c4cccc5oc6ccccc6c45)cc3)c2)cc1. The van der Waals surface area contributed by atoms with Crippen molar-refractivity contribution in [2.24, 2.45) is 0 Å². The summed E-state index contributed by atoms with van der Waals surface area (Å²) in [5.41, 5.74) is 12.2. The van der Waals surface area contributed by atoms with Crippen molar-refractivity contribution in [1.82, 2.24) is 0 Å². The average Bonchev–Trinajstić information content (AvgIpc) is 3.55. The van der Waals surface area contributed by atoms with Gasteiger partial charge in [0.05, 0.1) is 0 Å². The molecule has 0 spiro atoms. The summed E-state index contributed by atoms with van der Waals surface area (Å²) in [4.78, 5) is 2.34. The monoisotopic (exact) mass is 613 g/mol. The first-order valence-electron chi connectivity index (χ1n) is 16.3. The molecule has 2 nitrogen and oxygen atoms in total. The second-order valence-electron chi connectivity index (χ2n) is 12.1. The van der Waals surface area contributed by atoms with Crippen molar-refractivity contribution in [2.45, 2.75) is 0 Å². The number of benzene rings is 8. The number of hydrogen-bond donors (Lipinski definition) is 0. The normalized spacial score (nSPS) is 11.3. The molecule has 0 aliphatic rings. The van der Waals surface area contributed by atoms with E-state index in [2.05, 4.69) is 181 Å². The second-order valence-corrected chi connectivity index (χ2v) is 12.1. The van der Waals surface area contributed by atoms with Crippen LogP contribution in [-0.4, -0.2) is 0 Å². The van der Waals surface area contributed by atoms with Crippen molar-refractivity contribution < 1.29 is 4.42 Å². The van der Waals surface area contributed by atoms with E-state index in [0.717, 1.165) is 44.6 Å². The topological polar surface area (TPSA) is 16.4 Å². The van der Waals surface area contributed by atoms with E-state index in [1.54, 1.807) is 0 Å². The molecule has 8 aromatic carbocycles. The third-order valence-corrected chi connectivity index (χ3v) is 9.28.